The summed E-state index contributed by atoms with van der Waals surface area (Å²) in [6.45, 7) is 4.65. The number of carbonyl (C=O) groups is 1. The average Bonchev–Trinajstić information content (AvgIpc) is 3.15. The van der Waals surface area contributed by atoms with Crippen molar-refractivity contribution in [3.8, 4) is 0 Å². The van der Waals surface area contributed by atoms with Crippen LogP contribution in [0, 0.1) is 0 Å². The zero-order chi connectivity index (χ0) is 13.9. The maximum absolute atomic E-state index is 10.6. The van der Waals surface area contributed by atoms with Crippen LogP contribution in [-0.4, -0.2) is 53.2 Å². The first-order chi connectivity index (χ1) is 9.72. The van der Waals surface area contributed by atoms with Gasteiger partial charge in [0.2, 0.25) is 0 Å². The molecule has 6 heteroatoms. The van der Waals surface area contributed by atoms with Crippen molar-refractivity contribution >= 4 is 22.4 Å². The molecule has 3 rings (SSSR count). The predicted octanol–water partition coefficient (Wildman–Crippen LogP) is 1.83. The smallest absolute Gasteiger partial charge is 0.303 e. The summed E-state index contributed by atoms with van der Waals surface area (Å²) in [5.41, 5.74) is 0.914. The van der Waals surface area contributed by atoms with Gasteiger partial charge in [0.1, 0.15) is 0 Å². The summed E-state index contributed by atoms with van der Waals surface area (Å²) >= 11 is 1.65. The molecule has 0 saturated carbocycles. The molecule has 110 valence electrons. The Morgan fingerprint density at radius 1 is 1.40 bits per heavy atom. The molecule has 0 radical (unpaired) electrons. The molecule has 2 aliphatic rings. The lowest BCUT2D eigenvalue weighted by molar-refractivity contribution is -0.136. The number of carboxylic acids is 1. The van der Waals surface area contributed by atoms with Gasteiger partial charge in [0.05, 0.1) is 12.1 Å². The number of likely N-dealkylation sites (tertiary alicyclic amines) is 1. The van der Waals surface area contributed by atoms with Gasteiger partial charge in [-0.2, -0.15) is 0 Å². The molecular weight excluding hydrogens is 274 g/mol. The van der Waals surface area contributed by atoms with Gasteiger partial charge < -0.3 is 10.0 Å². The number of hydrogen-bond donors (Lipinski definition) is 1. The second kappa shape index (κ2) is 6.10. The summed E-state index contributed by atoms with van der Waals surface area (Å²) in [4.78, 5) is 20.1. The topological polar surface area (TPSA) is 56.7 Å². The van der Waals surface area contributed by atoms with Gasteiger partial charge in [0.15, 0.2) is 5.13 Å². The predicted molar refractivity (Wildman–Crippen MR) is 79.5 cm³/mol. The molecule has 0 bridgehead atoms. The molecule has 20 heavy (non-hydrogen) atoms. The SMILES string of the molecule is O=C(O)CCc1csc(N2CCC(N3CCCC3)C2)n1. The highest BCUT2D eigenvalue weighted by Gasteiger charge is 2.30. The van der Waals surface area contributed by atoms with E-state index in [-0.39, 0.29) is 6.42 Å². The fraction of sp³-hybridized carbons (Fsp3) is 0.714. The lowest BCUT2D eigenvalue weighted by Crippen LogP contribution is -2.35. The van der Waals surface area contributed by atoms with Crippen LogP contribution in [0.5, 0.6) is 0 Å². The number of aliphatic carboxylic acids is 1. The molecule has 2 aliphatic heterocycles. The quantitative estimate of drug-likeness (QED) is 0.898. The average molecular weight is 295 g/mol. The number of hydrogen-bond acceptors (Lipinski definition) is 5. The number of carboxylic acid groups (broad SMARTS) is 1. The van der Waals surface area contributed by atoms with Crippen molar-refractivity contribution in [3.63, 3.8) is 0 Å². The van der Waals surface area contributed by atoms with Gasteiger partial charge in [-0.3, -0.25) is 9.69 Å². The number of rotatable bonds is 5. The molecule has 0 amide bonds. The van der Waals surface area contributed by atoms with Crippen molar-refractivity contribution in [2.75, 3.05) is 31.1 Å². The molecular formula is C14H21N3O2S. The van der Waals surface area contributed by atoms with E-state index < -0.39 is 5.97 Å². The summed E-state index contributed by atoms with van der Waals surface area (Å²) in [7, 11) is 0. The number of aryl methyl sites for hydroxylation is 1. The van der Waals surface area contributed by atoms with Crippen molar-refractivity contribution in [2.45, 2.75) is 38.1 Å². The van der Waals surface area contributed by atoms with E-state index in [4.69, 9.17) is 5.11 Å². The van der Waals surface area contributed by atoms with Crippen LogP contribution < -0.4 is 4.90 Å². The van der Waals surface area contributed by atoms with Crippen molar-refractivity contribution < 1.29 is 9.90 Å². The highest BCUT2D eigenvalue weighted by molar-refractivity contribution is 7.13. The van der Waals surface area contributed by atoms with E-state index in [2.05, 4.69) is 14.8 Å². The Morgan fingerprint density at radius 2 is 2.20 bits per heavy atom. The molecule has 2 saturated heterocycles. The van der Waals surface area contributed by atoms with Gasteiger partial charge in [0, 0.05) is 30.9 Å². The Balaban J connectivity index is 1.55. The van der Waals surface area contributed by atoms with E-state index in [1.807, 2.05) is 5.38 Å². The maximum atomic E-state index is 10.6. The van der Waals surface area contributed by atoms with Crippen LogP contribution in [-0.2, 0) is 11.2 Å². The second-order valence-electron chi connectivity index (χ2n) is 5.65. The summed E-state index contributed by atoms with van der Waals surface area (Å²) in [5, 5.41) is 11.8. The zero-order valence-corrected chi connectivity index (χ0v) is 12.4. The van der Waals surface area contributed by atoms with Gasteiger partial charge >= 0.3 is 5.97 Å². The fourth-order valence-corrected chi connectivity index (χ4v) is 4.01. The lowest BCUT2D eigenvalue weighted by atomic mass is 10.2. The summed E-state index contributed by atoms with van der Waals surface area (Å²) in [6.07, 6.45) is 4.61. The number of aromatic nitrogens is 1. The van der Waals surface area contributed by atoms with Crippen molar-refractivity contribution in [1.29, 1.82) is 0 Å². The first-order valence-electron chi connectivity index (χ1n) is 7.37. The second-order valence-corrected chi connectivity index (χ2v) is 6.48. The van der Waals surface area contributed by atoms with Gasteiger partial charge in [-0.1, -0.05) is 0 Å². The molecule has 0 spiro atoms. The summed E-state index contributed by atoms with van der Waals surface area (Å²) < 4.78 is 0. The standard InChI is InChI=1S/C14H21N3O2S/c18-13(19)4-3-11-10-20-14(15-11)17-8-5-12(9-17)16-6-1-2-7-16/h10,12H,1-9H2,(H,18,19). The summed E-state index contributed by atoms with van der Waals surface area (Å²) in [5.74, 6) is -0.755. The third-order valence-electron chi connectivity index (χ3n) is 4.23. The largest absolute Gasteiger partial charge is 0.481 e. The lowest BCUT2D eigenvalue weighted by Gasteiger charge is -2.23. The minimum absolute atomic E-state index is 0.166. The number of anilines is 1. The molecule has 1 aromatic heterocycles. The van der Waals surface area contributed by atoms with Crippen LogP contribution in [0.4, 0.5) is 5.13 Å². The van der Waals surface area contributed by atoms with Crippen LogP contribution in [0.15, 0.2) is 5.38 Å². The Labute approximate surface area is 123 Å². The van der Waals surface area contributed by atoms with Crippen molar-refractivity contribution in [1.82, 2.24) is 9.88 Å². The Morgan fingerprint density at radius 3 is 2.95 bits per heavy atom. The number of nitrogens with zero attached hydrogens (tertiary/aromatic N) is 3. The highest BCUT2D eigenvalue weighted by atomic mass is 32.1. The van der Waals surface area contributed by atoms with Gasteiger partial charge in [-0.15, -0.1) is 11.3 Å². The highest BCUT2D eigenvalue weighted by Crippen LogP contribution is 2.28. The molecule has 0 aromatic carbocycles. The van der Waals surface area contributed by atoms with Crippen molar-refractivity contribution in [3.05, 3.63) is 11.1 Å². The van der Waals surface area contributed by atoms with E-state index in [0.717, 1.165) is 23.9 Å². The van der Waals surface area contributed by atoms with E-state index in [0.29, 0.717) is 12.5 Å². The van der Waals surface area contributed by atoms with Crippen molar-refractivity contribution in [2.24, 2.45) is 0 Å². The van der Waals surface area contributed by atoms with E-state index in [1.165, 1.54) is 32.4 Å². The van der Waals surface area contributed by atoms with Gasteiger partial charge in [0.25, 0.3) is 0 Å². The minimum atomic E-state index is -0.755. The van der Waals surface area contributed by atoms with Gasteiger partial charge in [-0.25, -0.2) is 4.98 Å². The van der Waals surface area contributed by atoms with Crippen LogP contribution >= 0.6 is 11.3 Å². The van der Waals surface area contributed by atoms with Crippen LogP contribution in [0.3, 0.4) is 0 Å². The molecule has 3 heterocycles. The molecule has 1 aromatic rings. The first-order valence-corrected chi connectivity index (χ1v) is 8.25. The Bertz CT molecular complexity index is 471. The third-order valence-corrected chi connectivity index (χ3v) is 5.18. The number of thiazole rings is 1. The van der Waals surface area contributed by atoms with Crippen LogP contribution in [0.1, 0.15) is 31.4 Å². The molecule has 0 aliphatic carbocycles. The normalized spacial score (nSPS) is 23.6. The van der Waals surface area contributed by atoms with E-state index in [9.17, 15) is 4.79 Å². The molecule has 1 N–H and O–H groups in total. The Hall–Kier alpha value is -1.14. The molecule has 5 nitrogen and oxygen atoms in total. The Kier molecular flexibility index (Phi) is 4.21. The fourth-order valence-electron chi connectivity index (χ4n) is 3.11. The van der Waals surface area contributed by atoms with E-state index >= 15 is 0 Å². The van der Waals surface area contributed by atoms with Crippen LogP contribution in [0.25, 0.3) is 0 Å². The molecule has 1 atom stereocenters. The summed E-state index contributed by atoms with van der Waals surface area (Å²) in [6, 6.07) is 0.684. The van der Waals surface area contributed by atoms with Crippen LogP contribution in [0.2, 0.25) is 0 Å². The third kappa shape index (κ3) is 3.12. The monoisotopic (exact) mass is 295 g/mol. The van der Waals surface area contributed by atoms with Gasteiger partial charge in [-0.05, 0) is 32.4 Å². The van der Waals surface area contributed by atoms with E-state index in [1.54, 1.807) is 11.3 Å². The first kappa shape index (κ1) is 13.8. The maximum Gasteiger partial charge on any atom is 0.303 e. The minimum Gasteiger partial charge on any atom is -0.481 e. The zero-order valence-electron chi connectivity index (χ0n) is 11.6. The molecule has 1 unspecified atom stereocenters. The molecule has 2 fully saturated rings.